The first-order valence-electron chi connectivity index (χ1n) is 9.26. The monoisotopic (exact) mass is 350 g/mol. The van der Waals surface area contributed by atoms with Gasteiger partial charge < -0.3 is 19.0 Å². The maximum atomic E-state index is 12.9. The summed E-state index contributed by atoms with van der Waals surface area (Å²) in [5.41, 5.74) is 0. The molecule has 0 aromatic carbocycles. The molecule has 2 amide bonds. The lowest BCUT2D eigenvalue weighted by atomic mass is 10.2. The van der Waals surface area contributed by atoms with Crippen molar-refractivity contribution < 1.29 is 18.7 Å². The van der Waals surface area contributed by atoms with E-state index in [0.29, 0.717) is 19.5 Å². The van der Waals surface area contributed by atoms with Crippen LogP contribution in [-0.2, 0) is 20.9 Å². The van der Waals surface area contributed by atoms with Crippen LogP contribution >= 0.6 is 0 Å². The van der Waals surface area contributed by atoms with Crippen LogP contribution in [0.4, 0.5) is 0 Å². The average molecular weight is 350 g/mol. The van der Waals surface area contributed by atoms with Gasteiger partial charge in [0.1, 0.15) is 12.3 Å². The van der Waals surface area contributed by atoms with E-state index >= 15 is 0 Å². The quantitative estimate of drug-likeness (QED) is 0.687. The predicted molar refractivity (Wildman–Crippen MR) is 94.9 cm³/mol. The van der Waals surface area contributed by atoms with Gasteiger partial charge in [0.05, 0.1) is 18.9 Å². The van der Waals surface area contributed by atoms with Gasteiger partial charge in [-0.15, -0.1) is 0 Å². The Balaban J connectivity index is 2.07. The fourth-order valence-electron chi connectivity index (χ4n) is 3.04. The van der Waals surface area contributed by atoms with E-state index in [4.69, 9.17) is 9.15 Å². The molecule has 2 heterocycles. The number of carbonyl (C=O) groups excluding carboxylic acids is 2. The van der Waals surface area contributed by atoms with E-state index in [1.807, 2.05) is 32.9 Å². The summed E-state index contributed by atoms with van der Waals surface area (Å²) in [6.45, 7) is 7.63. The van der Waals surface area contributed by atoms with Crippen LogP contribution in [0.5, 0.6) is 0 Å². The first-order chi connectivity index (χ1) is 12.0. The molecule has 1 aromatic rings. The molecule has 6 nitrogen and oxygen atoms in total. The van der Waals surface area contributed by atoms with Gasteiger partial charge >= 0.3 is 0 Å². The van der Waals surface area contributed by atoms with Crippen molar-refractivity contribution in [3.8, 4) is 0 Å². The van der Waals surface area contributed by atoms with Crippen molar-refractivity contribution in [1.82, 2.24) is 9.80 Å². The van der Waals surface area contributed by atoms with Crippen LogP contribution in [0.15, 0.2) is 22.8 Å². The number of nitrogens with zero attached hydrogens (tertiary/aromatic N) is 2. The average Bonchev–Trinajstić information content (AvgIpc) is 3.31. The lowest BCUT2D eigenvalue weighted by molar-refractivity contribution is -0.143. The van der Waals surface area contributed by atoms with Crippen LogP contribution in [0.3, 0.4) is 0 Å². The minimum Gasteiger partial charge on any atom is -0.467 e. The zero-order valence-corrected chi connectivity index (χ0v) is 15.6. The van der Waals surface area contributed by atoms with E-state index < -0.39 is 0 Å². The molecule has 0 unspecified atom stereocenters. The lowest BCUT2D eigenvalue weighted by Gasteiger charge is -2.31. The molecule has 1 aromatic heterocycles. The van der Waals surface area contributed by atoms with Crippen LogP contribution < -0.4 is 0 Å². The summed E-state index contributed by atoms with van der Waals surface area (Å²) in [7, 11) is 0. The molecule has 6 heteroatoms. The smallest absolute Gasteiger partial charge is 0.242 e. The Morgan fingerprint density at radius 1 is 1.32 bits per heavy atom. The standard InChI is InChI=1S/C19H30N2O4/c1-4-15(3)21(18(22)5-2)14-19(23)20(12-16-8-6-10-24-16)13-17-9-7-11-25-17/h6,8,10,15,17H,4-5,7,9,11-14H2,1-3H3/t15-,17-/m0/s1. The lowest BCUT2D eigenvalue weighted by Crippen LogP contribution is -2.47. The SMILES string of the molecule is CCC(=O)N(CC(=O)N(Cc1ccco1)C[C@@H]1CCCO1)[C@@H](C)CC. The predicted octanol–water partition coefficient (Wildman–Crippen LogP) is 2.82. The summed E-state index contributed by atoms with van der Waals surface area (Å²) >= 11 is 0. The summed E-state index contributed by atoms with van der Waals surface area (Å²) in [6, 6.07) is 3.72. The summed E-state index contributed by atoms with van der Waals surface area (Å²) < 4.78 is 11.1. The first-order valence-corrected chi connectivity index (χ1v) is 9.26. The zero-order valence-electron chi connectivity index (χ0n) is 15.6. The molecule has 1 aliphatic heterocycles. The third-order valence-electron chi connectivity index (χ3n) is 4.78. The van der Waals surface area contributed by atoms with E-state index in [9.17, 15) is 9.59 Å². The Morgan fingerprint density at radius 2 is 2.12 bits per heavy atom. The second-order valence-electron chi connectivity index (χ2n) is 6.62. The molecule has 2 rings (SSSR count). The van der Waals surface area contributed by atoms with Crippen LogP contribution in [0.1, 0.15) is 52.2 Å². The van der Waals surface area contributed by atoms with Crippen LogP contribution in [-0.4, -0.2) is 53.5 Å². The fraction of sp³-hybridized carbons (Fsp3) is 0.684. The molecule has 1 aliphatic rings. The highest BCUT2D eigenvalue weighted by atomic mass is 16.5. The Bertz CT molecular complexity index is 538. The maximum Gasteiger partial charge on any atom is 0.242 e. The van der Waals surface area contributed by atoms with Gasteiger partial charge in [0.25, 0.3) is 0 Å². The Kier molecular flexibility index (Phi) is 7.50. The normalized spacial score (nSPS) is 18.1. The molecule has 0 bridgehead atoms. The van der Waals surface area contributed by atoms with E-state index in [2.05, 4.69) is 0 Å². The molecular weight excluding hydrogens is 320 g/mol. The summed E-state index contributed by atoms with van der Waals surface area (Å²) in [5, 5.41) is 0. The van der Waals surface area contributed by atoms with Gasteiger partial charge in [-0.1, -0.05) is 13.8 Å². The van der Waals surface area contributed by atoms with E-state index in [1.165, 1.54) is 0 Å². The van der Waals surface area contributed by atoms with Crippen molar-refractivity contribution in [2.75, 3.05) is 19.7 Å². The number of amides is 2. The Morgan fingerprint density at radius 3 is 2.68 bits per heavy atom. The third-order valence-corrected chi connectivity index (χ3v) is 4.78. The molecule has 1 fully saturated rings. The minimum absolute atomic E-state index is 0.0118. The van der Waals surface area contributed by atoms with Crippen molar-refractivity contribution in [2.24, 2.45) is 0 Å². The van der Waals surface area contributed by atoms with Crippen molar-refractivity contribution in [1.29, 1.82) is 0 Å². The number of hydrogen-bond donors (Lipinski definition) is 0. The largest absolute Gasteiger partial charge is 0.467 e. The van der Waals surface area contributed by atoms with Gasteiger partial charge in [-0.25, -0.2) is 0 Å². The van der Waals surface area contributed by atoms with Crippen molar-refractivity contribution in [3.05, 3.63) is 24.2 Å². The maximum absolute atomic E-state index is 12.9. The molecule has 25 heavy (non-hydrogen) atoms. The molecule has 0 spiro atoms. The summed E-state index contributed by atoms with van der Waals surface area (Å²) in [4.78, 5) is 28.6. The van der Waals surface area contributed by atoms with Crippen LogP contribution in [0, 0.1) is 0 Å². The van der Waals surface area contributed by atoms with Crippen LogP contribution in [0.2, 0.25) is 0 Å². The second kappa shape index (κ2) is 9.61. The van der Waals surface area contributed by atoms with Crippen molar-refractivity contribution >= 4 is 11.8 Å². The van der Waals surface area contributed by atoms with Gasteiger partial charge in [-0.05, 0) is 38.3 Å². The number of carbonyl (C=O) groups is 2. The highest BCUT2D eigenvalue weighted by molar-refractivity contribution is 5.85. The van der Waals surface area contributed by atoms with Gasteiger partial charge in [-0.2, -0.15) is 0 Å². The molecule has 140 valence electrons. The van der Waals surface area contributed by atoms with Crippen LogP contribution in [0.25, 0.3) is 0 Å². The van der Waals surface area contributed by atoms with Gasteiger partial charge in [-0.3, -0.25) is 9.59 Å². The molecular formula is C19H30N2O4. The van der Waals surface area contributed by atoms with Gasteiger partial charge in [0.2, 0.25) is 11.8 Å². The van der Waals surface area contributed by atoms with E-state index in [1.54, 1.807) is 16.1 Å². The number of hydrogen-bond acceptors (Lipinski definition) is 4. The molecule has 0 radical (unpaired) electrons. The Labute approximate surface area is 150 Å². The van der Waals surface area contributed by atoms with E-state index in [0.717, 1.165) is 31.6 Å². The number of ether oxygens (including phenoxy) is 1. The molecule has 0 N–H and O–H groups in total. The van der Waals surface area contributed by atoms with E-state index in [-0.39, 0.29) is 30.5 Å². The Hall–Kier alpha value is -1.82. The zero-order chi connectivity index (χ0) is 18.2. The number of rotatable bonds is 9. The molecule has 2 atom stereocenters. The van der Waals surface area contributed by atoms with Gasteiger partial charge in [0.15, 0.2) is 0 Å². The number of furan rings is 1. The highest BCUT2D eigenvalue weighted by Gasteiger charge is 2.27. The molecule has 1 saturated heterocycles. The van der Waals surface area contributed by atoms with Crippen molar-refractivity contribution in [3.63, 3.8) is 0 Å². The topological polar surface area (TPSA) is 63.0 Å². The molecule has 0 aliphatic carbocycles. The first kappa shape index (κ1) is 19.5. The fourth-order valence-corrected chi connectivity index (χ4v) is 3.04. The second-order valence-corrected chi connectivity index (χ2v) is 6.62. The summed E-state index contributed by atoms with van der Waals surface area (Å²) in [6.07, 6.45) is 4.89. The third kappa shape index (κ3) is 5.59. The van der Waals surface area contributed by atoms with Crippen molar-refractivity contribution in [2.45, 2.75) is 65.1 Å². The summed E-state index contributed by atoms with van der Waals surface area (Å²) in [5.74, 6) is 0.690. The minimum atomic E-state index is -0.0611. The molecule has 0 saturated carbocycles. The van der Waals surface area contributed by atoms with Gasteiger partial charge in [0, 0.05) is 25.6 Å². The highest BCUT2D eigenvalue weighted by Crippen LogP contribution is 2.16.